The van der Waals surface area contributed by atoms with Crippen LogP contribution in [0.15, 0.2) is 0 Å². The Kier molecular flexibility index (Phi) is 3.41. The summed E-state index contributed by atoms with van der Waals surface area (Å²) in [5.74, 6) is -2.12. The van der Waals surface area contributed by atoms with Crippen LogP contribution in [0.5, 0.6) is 0 Å². The summed E-state index contributed by atoms with van der Waals surface area (Å²) in [6.07, 6.45) is -8.56. The van der Waals surface area contributed by atoms with Gasteiger partial charge in [-0.3, -0.25) is 4.79 Å². The van der Waals surface area contributed by atoms with Crippen LogP contribution in [-0.4, -0.2) is 53.4 Å². The highest BCUT2D eigenvalue weighted by atomic mass is 19.4. The number of ether oxygens (including phenoxy) is 1. The molecule has 92 valence electrons. The number of nitrogens with zero attached hydrogens (tertiary/aromatic N) is 1. The number of morpholine rings is 1. The van der Waals surface area contributed by atoms with Crippen molar-refractivity contribution in [1.82, 2.24) is 4.90 Å². The van der Waals surface area contributed by atoms with Crippen LogP contribution in [-0.2, 0) is 14.3 Å². The van der Waals surface area contributed by atoms with Gasteiger partial charge in [0, 0.05) is 6.92 Å². The Hall–Kier alpha value is -1.31. The van der Waals surface area contributed by atoms with Crippen molar-refractivity contribution in [2.24, 2.45) is 0 Å². The quantitative estimate of drug-likeness (QED) is 0.714. The largest absolute Gasteiger partial charge is 0.479 e. The second-order valence-electron chi connectivity index (χ2n) is 3.42. The van der Waals surface area contributed by atoms with Crippen LogP contribution >= 0.6 is 0 Å². The van der Waals surface area contributed by atoms with Gasteiger partial charge in [-0.1, -0.05) is 0 Å². The minimum Gasteiger partial charge on any atom is -0.479 e. The van der Waals surface area contributed by atoms with Crippen LogP contribution in [0.4, 0.5) is 13.2 Å². The molecule has 0 spiro atoms. The number of hydrogen-bond acceptors (Lipinski definition) is 3. The molecule has 0 radical (unpaired) electrons. The first-order valence-corrected chi connectivity index (χ1v) is 4.42. The molecule has 2 atom stereocenters. The van der Waals surface area contributed by atoms with Gasteiger partial charge in [0.15, 0.2) is 12.2 Å². The van der Waals surface area contributed by atoms with Crippen molar-refractivity contribution in [2.75, 3.05) is 13.1 Å². The van der Waals surface area contributed by atoms with E-state index >= 15 is 0 Å². The third-order valence-electron chi connectivity index (χ3n) is 2.19. The minimum atomic E-state index is -4.68. The monoisotopic (exact) mass is 241 g/mol. The summed E-state index contributed by atoms with van der Waals surface area (Å²) < 4.78 is 41.5. The zero-order chi connectivity index (χ0) is 12.5. The first-order chi connectivity index (χ1) is 7.21. The third-order valence-corrected chi connectivity index (χ3v) is 2.19. The Morgan fingerprint density at radius 1 is 1.38 bits per heavy atom. The molecule has 1 aliphatic rings. The van der Waals surface area contributed by atoms with E-state index in [1.807, 2.05) is 0 Å². The highest BCUT2D eigenvalue weighted by Gasteiger charge is 2.47. The lowest BCUT2D eigenvalue weighted by Gasteiger charge is -2.36. The van der Waals surface area contributed by atoms with Gasteiger partial charge >= 0.3 is 12.1 Å². The fraction of sp³-hybridized carbons (Fsp3) is 0.750. The molecule has 1 heterocycles. The second kappa shape index (κ2) is 4.28. The molecule has 0 aromatic rings. The SMILES string of the molecule is CC(=O)N1CC(C(=O)O)OC(C(F)(F)F)C1. The number of amides is 1. The van der Waals surface area contributed by atoms with E-state index in [0.717, 1.165) is 11.8 Å². The van der Waals surface area contributed by atoms with Crippen LogP contribution in [0.2, 0.25) is 0 Å². The molecule has 1 rings (SSSR count). The smallest absolute Gasteiger partial charge is 0.416 e. The number of rotatable bonds is 1. The molecule has 1 fully saturated rings. The zero-order valence-electron chi connectivity index (χ0n) is 8.32. The average Bonchev–Trinajstić information content (AvgIpc) is 2.15. The Labute approximate surface area is 88.8 Å². The van der Waals surface area contributed by atoms with Gasteiger partial charge in [0.25, 0.3) is 0 Å². The maximum atomic E-state index is 12.4. The fourth-order valence-electron chi connectivity index (χ4n) is 1.33. The molecule has 0 aromatic carbocycles. The molecule has 1 N–H and O–H groups in total. The van der Waals surface area contributed by atoms with Gasteiger partial charge in [0.05, 0.1) is 13.1 Å². The summed E-state index contributed by atoms with van der Waals surface area (Å²) in [6.45, 7) is 0.0531. The highest BCUT2D eigenvalue weighted by Crippen LogP contribution is 2.27. The molecule has 0 aliphatic carbocycles. The number of carbonyl (C=O) groups is 2. The van der Waals surface area contributed by atoms with E-state index in [1.54, 1.807) is 0 Å². The van der Waals surface area contributed by atoms with Gasteiger partial charge < -0.3 is 14.7 Å². The van der Waals surface area contributed by atoms with Gasteiger partial charge in [-0.05, 0) is 0 Å². The van der Waals surface area contributed by atoms with Crippen molar-refractivity contribution in [3.05, 3.63) is 0 Å². The topological polar surface area (TPSA) is 66.8 Å². The van der Waals surface area contributed by atoms with Crippen LogP contribution in [0.1, 0.15) is 6.92 Å². The van der Waals surface area contributed by atoms with Gasteiger partial charge in [-0.2, -0.15) is 13.2 Å². The van der Waals surface area contributed by atoms with Gasteiger partial charge in [0.2, 0.25) is 5.91 Å². The Morgan fingerprint density at radius 3 is 2.31 bits per heavy atom. The zero-order valence-corrected chi connectivity index (χ0v) is 8.32. The lowest BCUT2D eigenvalue weighted by molar-refractivity contribution is -0.252. The van der Waals surface area contributed by atoms with Crippen LogP contribution in [0, 0.1) is 0 Å². The normalized spacial score (nSPS) is 26.6. The molecule has 0 saturated carbocycles. The Morgan fingerprint density at radius 2 is 1.94 bits per heavy atom. The summed E-state index contributed by atoms with van der Waals surface area (Å²) >= 11 is 0. The van der Waals surface area contributed by atoms with E-state index in [2.05, 4.69) is 4.74 Å². The summed E-state index contributed by atoms with van der Waals surface area (Å²) in [4.78, 5) is 22.3. The van der Waals surface area contributed by atoms with E-state index < -0.39 is 36.8 Å². The number of hydrogen-bond donors (Lipinski definition) is 1. The minimum absolute atomic E-state index is 0.364. The predicted molar refractivity (Wildman–Crippen MR) is 44.6 cm³/mol. The van der Waals surface area contributed by atoms with E-state index in [9.17, 15) is 22.8 Å². The van der Waals surface area contributed by atoms with Crippen molar-refractivity contribution in [1.29, 1.82) is 0 Å². The first kappa shape index (κ1) is 12.8. The van der Waals surface area contributed by atoms with E-state index in [1.165, 1.54) is 0 Å². The lowest BCUT2D eigenvalue weighted by atomic mass is 10.2. The van der Waals surface area contributed by atoms with Gasteiger partial charge in [-0.15, -0.1) is 0 Å². The number of aliphatic carboxylic acids is 1. The number of alkyl halides is 3. The fourth-order valence-corrected chi connectivity index (χ4v) is 1.33. The molecule has 8 heteroatoms. The predicted octanol–water partition coefficient (Wildman–Crippen LogP) is 0.249. The molecule has 0 bridgehead atoms. The van der Waals surface area contributed by atoms with E-state index in [4.69, 9.17) is 5.11 Å². The Bertz CT molecular complexity index is 282. The summed E-state index contributed by atoms with van der Waals surface area (Å²) in [5.41, 5.74) is 0. The van der Waals surface area contributed by atoms with Crippen molar-refractivity contribution < 1.29 is 32.6 Å². The molecular weight excluding hydrogens is 231 g/mol. The molecule has 5 nitrogen and oxygen atoms in total. The summed E-state index contributed by atoms with van der Waals surface area (Å²) in [6, 6.07) is 0. The van der Waals surface area contributed by atoms with Gasteiger partial charge in [0.1, 0.15) is 0 Å². The maximum Gasteiger partial charge on any atom is 0.416 e. The average molecular weight is 241 g/mol. The molecule has 1 aliphatic heterocycles. The second-order valence-corrected chi connectivity index (χ2v) is 3.42. The van der Waals surface area contributed by atoms with Crippen molar-refractivity contribution in [2.45, 2.75) is 25.3 Å². The first-order valence-electron chi connectivity index (χ1n) is 4.42. The van der Waals surface area contributed by atoms with Crippen LogP contribution < -0.4 is 0 Å². The molecule has 1 amide bonds. The number of carbonyl (C=O) groups excluding carboxylic acids is 1. The van der Waals surface area contributed by atoms with Crippen molar-refractivity contribution >= 4 is 11.9 Å². The van der Waals surface area contributed by atoms with Crippen LogP contribution in [0.25, 0.3) is 0 Å². The van der Waals surface area contributed by atoms with Gasteiger partial charge in [-0.25, -0.2) is 4.79 Å². The molecule has 16 heavy (non-hydrogen) atoms. The molecular formula is C8H10F3NO4. The number of halogens is 3. The standard InChI is InChI=1S/C8H10F3NO4/c1-4(13)12-2-5(7(14)15)16-6(3-12)8(9,10)11/h5-6H,2-3H2,1H3,(H,14,15). The molecule has 1 saturated heterocycles. The van der Waals surface area contributed by atoms with Crippen molar-refractivity contribution in [3.63, 3.8) is 0 Å². The third kappa shape index (κ3) is 2.84. The van der Waals surface area contributed by atoms with E-state index in [-0.39, 0.29) is 6.54 Å². The maximum absolute atomic E-state index is 12.4. The van der Waals surface area contributed by atoms with E-state index in [0.29, 0.717) is 0 Å². The summed E-state index contributed by atoms with van der Waals surface area (Å²) in [7, 11) is 0. The van der Waals surface area contributed by atoms with Crippen LogP contribution in [0.3, 0.4) is 0 Å². The summed E-state index contributed by atoms with van der Waals surface area (Å²) in [5, 5.41) is 8.59. The molecule has 2 unspecified atom stereocenters. The van der Waals surface area contributed by atoms with Crippen molar-refractivity contribution in [3.8, 4) is 0 Å². The lowest BCUT2D eigenvalue weighted by Crippen LogP contribution is -2.56. The Balaban J connectivity index is 2.82. The number of carboxylic acids is 1. The number of carboxylic acid groups (broad SMARTS) is 1. The molecule has 0 aromatic heterocycles. The highest BCUT2D eigenvalue weighted by molar-refractivity contribution is 5.77.